The number of carbonyl (C=O) groups is 1. The lowest BCUT2D eigenvalue weighted by atomic mass is 10.4. The van der Waals surface area contributed by atoms with Gasteiger partial charge in [0, 0.05) is 19.5 Å². The first kappa shape index (κ1) is 10.6. The lowest BCUT2D eigenvalue weighted by molar-refractivity contribution is -0.117. The third kappa shape index (κ3) is 3.14. The topological polar surface area (TPSA) is 85.8 Å². The highest BCUT2D eigenvalue weighted by atomic mass is 16.1. The molecule has 0 saturated carbocycles. The molecule has 6 nitrogen and oxygen atoms in total. The van der Waals surface area contributed by atoms with Crippen LogP contribution in [0.4, 0.5) is 0 Å². The van der Waals surface area contributed by atoms with Gasteiger partial charge in [-0.2, -0.15) is 0 Å². The van der Waals surface area contributed by atoms with E-state index < -0.39 is 0 Å². The molecule has 1 heterocycles. The van der Waals surface area contributed by atoms with Crippen molar-refractivity contribution in [2.24, 2.45) is 5.73 Å². The first-order valence-corrected chi connectivity index (χ1v) is 4.59. The smallest absolute Gasteiger partial charge is 0.218 e. The molecule has 0 saturated heterocycles. The molecule has 0 unspecified atom stereocenters. The van der Waals surface area contributed by atoms with E-state index in [1.807, 2.05) is 11.5 Å². The summed E-state index contributed by atoms with van der Waals surface area (Å²) in [7, 11) is 0. The van der Waals surface area contributed by atoms with Gasteiger partial charge < -0.3 is 15.6 Å². The quantitative estimate of drug-likeness (QED) is 0.588. The number of nitrogens with one attached hydrogen (secondary N) is 1. The maximum Gasteiger partial charge on any atom is 0.218 e. The number of carbonyl (C=O) groups excluding carboxylic acids is 1. The van der Waals surface area contributed by atoms with Gasteiger partial charge in [-0.25, -0.2) is 0 Å². The Morgan fingerprint density at radius 2 is 2.50 bits per heavy atom. The Morgan fingerprint density at radius 3 is 3.14 bits per heavy atom. The second-order valence-corrected chi connectivity index (χ2v) is 2.93. The largest absolute Gasteiger partial charge is 0.370 e. The van der Waals surface area contributed by atoms with Crippen LogP contribution in [0.25, 0.3) is 0 Å². The minimum Gasteiger partial charge on any atom is -0.370 e. The minimum atomic E-state index is -0.297. The average molecular weight is 197 g/mol. The predicted octanol–water partition coefficient (Wildman–Crippen LogP) is -0.737. The van der Waals surface area contributed by atoms with Gasteiger partial charge in [0.1, 0.15) is 12.2 Å². The second-order valence-electron chi connectivity index (χ2n) is 2.93. The summed E-state index contributed by atoms with van der Waals surface area (Å²) < 4.78 is 1.94. The highest BCUT2D eigenvalue weighted by Gasteiger charge is 2.01. The zero-order valence-corrected chi connectivity index (χ0v) is 8.23. The molecule has 0 atom stereocenters. The molecule has 0 aliphatic carbocycles. The molecule has 0 aliphatic rings. The van der Waals surface area contributed by atoms with Gasteiger partial charge in [-0.05, 0) is 6.92 Å². The molecular formula is C8H15N5O. The van der Waals surface area contributed by atoms with Crippen molar-refractivity contribution in [3.63, 3.8) is 0 Å². The van der Waals surface area contributed by atoms with Crippen LogP contribution in [0.5, 0.6) is 0 Å². The fourth-order valence-electron chi connectivity index (χ4n) is 1.09. The van der Waals surface area contributed by atoms with Crippen molar-refractivity contribution in [3.8, 4) is 0 Å². The number of aromatic nitrogens is 3. The van der Waals surface area contributed by atoms with Crippen molar-refractivity contribution in [1.29, 1.82) is 0 Å². The third-order valence-electron chi connectivity index (χ3n) is 1.87. The molecule has 0 aliphatic heterocycles. The van der Waals surface area contributed by atoms with E-state index in [1.54, 1.807) is 6.33 Å². The Bertz CT molecular complexity index is 296. The van der Waals surface area contributed by atoms with E-state index in [0.717, 1.165) is 12.4 Å². The van der Waals surface area contributed by atoms with Crippen LogP contribution < -0.4 is 11.1 Å². The molecule has 0 aromatic carbocycles. The molecule has 1 aromatic rings. The molecule has 1 rings (SSSR count). The van der Waals surface area contributed by atoms with Gasteiger partial charge in [0.2, 0.25) is 5.91 Å². The Kier molecular flexibility index (Phi) is 4.06. The number of nitrogens with zero attached hydrogens (tertiary/aromatic N) is 3. The van der Waals surface area contributed by atoms with Crippen molar-refractivity contribution in [3.05, 3.63) is 12.2 Å². The molecule has 0 spiro atoms. The van der Waals surface area contributed by atoms with Gasteiger partial charge in [-0.15, -0.1) is 10.2 Å². The summed E-state index contributed by atoms with van der Waals surface area (Å²) in [6.07, 6.45) is 2.03. The van der Waals surface area contributed by atoms with E-state index >= 15 is 0 Å². The van der Waals surface area contributed by atoms with Crippen LogP contribution in [-0.4, -0.2) is 27.2 Å². The molecule has 1 amide bonds. The standard InChI is InChI=1S/C8H15N5O/c1-2-13-6-11-12-8(13)5-10-4-3-7(9)14/h6,10H,2-5H2,1H3,(H2,9,14). The van der Waals surface area contributed by atoms with Crippen molar-refractivity contribution in [1.82, 2.24) is 20.1 Å². The summed E-state index contributed by atoms with van der Waals surface area (Å²) in [6, 6.07) is 0. The number of rotatable bonds is 6. The van der Waals surface area contributed by atoms with Gasteiger partial charge in [0.25, 0.3) is 0 Å². The van der Waals surface area contributed by atoms with Gasteiger partial charge in [0.15, 0.2) is 0 Å². The van der Waals surface area contributed by atoms with Crippen LogP contribution in [0.1, 0.15) is 19.2 Å². The number of hydrogen-bond acceptors (Lipinski definition) is 4. The van der Waals surface area contributed by atoms with Crippen molar-refractivity contribution in [2.75, 3.05) is 6.54 Å². The molecule has 1 aromatic heterocycles. The van der Waals surface area contributed by atoms with Gasteiger partial charge in [-0.3, -0.25) is 4.79 Å². The van der Waals surface area contributed by atoms with Gasteiger partial charge >= 0.3 is 0 Å². The SMILES string of the molecule is CCn1cnnc1CNCCC(N)=O. The third-order valence-corrected chi connectivity index (χ3v) is 1.87. The van der Waals surface area contributed by atoms with E-state index in [-0.39, 0.29) is 5.91 Å². The zero-order chi connectivity index (χ0) is 10.4. The van der Waals surface area contributed by atoms with Gasteiger partial charge in [-0.1, -0.05) is 0 Å². The summed E-state index contributed by atoms with van der Waals surface area (Å²) >= 11 is 0. The first-order chi connectivity index (χ1) is 6.74. The summed E-state index contributed by atoms with van der Waals surface area (Å²) in [4.78, 5) is 10.4. The van der Waals surface area contributed by atoms with Crippen molar-refractivity contribution in [2.45, 2.75) is 26.4 Å². The molecule has 6 heteroatoms. The Morgan fingerprint density at radius 1 is 1.71 bits per heavy atom. The highest BCUT2D eigenvalue weighted by Crippen LogP contribution is 1.93. The average Bonchev–Trinajstić information content (AvgIpc) is 2.59. The van der Waals surface area contributed by atoms with Crippen LogP contribution in [0.2, 0.25) is 0 Å². The summed E-state index contributed by atoms with van der Waals surface area (Å²) in [5.74, 6) is 0.575. The maximum absolute atomic E-state index is 10.4. The molecule has 78 valence electrons. The Hall–Kier alpha value is -1.43. The normalized spacial score (nSPS) is 10.4. The zero-order valence-electron chi connectivity index (χ0n) is 8.23. The summed E-state index contributed by atoms with van der Waals surface area (Å²) in [6.45, 7) is 4.06. The second kappa shape index (κ2) is 5.33. The highest BCUT2D eigenvalue weighted by molar-refractivity contribution is 5.73. The number of primary amides is 1. The molecule has 3 N–H and O–H groups in total. The Labute approximate surface area is 82.5 Å². The fourth-order valence-corrected chi connectivity index (χ4v) is 1.09. The summed E-state index contributed by atoms with van der Waals surface area (Å²) in [5.41, 5.74) is 5.00. The van der Waals surface area contributed by atoms with Crippen LogP contribution in [0.3, 0.4) is 0 Å². The van der Waals surface area contributed by atoms with Crippen LogP contribution in [0.15, 0.2) is 6.33 Å². The molecule has 0 bridgehead atoms. The monoisotopic (exact) mass is 197 g/mol. The maximum atomic E-state index is 10.4. The molecule has 0 radical (unpaired) electrons. The molecule has 14 heavy (non-hydrogen) atoms. The van der Waals surface area contributed by atoms with E-state index in [2.05, 4.69) is 15.5 Å². The lowest BCUT2D eigenvalue weighted by Gasteiger charge is -2.03. The van der Waals surface area contributed by atoms with Crippen molar-refractivity contribution >= 4 is 5.91 Å². The lowest BCUT2D eigenvalue weighted by Crippen LogP contribution is -2.23. The van der Waals surface area contributed by atoms with Crippen LogP contribution in [0, 0.1) is 0 Å². The van der Waals surface area contributed by atoms with Crippen molar-refractivity contribution < 1.29 is 4.79 Å². The van der Waals surface area contributed by atoms with E-state index in [0.29, 0.717) is 19.5 Å². The van der Waals surface area contributed by atoms with E-state index in [9.17, 15) is 4.79 Å². The predicted molar refractivity (Wildman–Crippen MR) is 51.2 cm³/mol. The molecule has 0 fully saturated rings. The summed E-state index contributed by atoms with van der Waals surface area (Å²) in [5, 5.41) is 10.8. The Balaban J connectivity index is 2.27. The van der Waals surface area contributed by atoms with Crippen LogP contribution in [-0.2, 0) is 17.9 Å². The first-order valence-electron chi connectivity index (χ1n) is 4.59. The number of hydrogen-bond donors (Lipinski definition) is 2. The fraction of sp³-hybridized carbons (Fsp3) is 0.625. The number of aryl methyl sites for hydroxylation is 1. The molecular weight excluding hydrogens is 182 g/mol. The number of amides is 1. The number of nitrogens with two attached hydrogens (primary N) is 1. The van der Waals surface area contributed by atoms with E-state index in [4.69, 9.17) is 5.73 Å². The minimum absolute atomic E-state index is 0.297. The van der Waals surface area contributed by atoms with Crippen LogP contribution >= 0.6 is 0 Å². The van der Waals surface area contributed by atoms with E-state index in [1.165, 1.54) is 0 Å². The van der Waals surface area contributed by atoms with Gasteiger partial charge in [0.05, 0.1) is 6.54 Å².